The third-order valence-electron chi connectivity index (χ3n) is 3.07. The average molecular weight is 286 g/mol. The van der Waals surface area contributed by atoms with Gasteiger partial charge in [0.25, 0.3) is 0 Å². The van der Waals surface area contributed by atoms with E-state index in [9.17, 15) is 14.3 Å². The molecule has 4 nitrogen and oxygen atoms in total. The molecule has 1 aliphatic rings. The highest BCUT2D eigenvalue weighted by Crippen LogP contribution is 2.35. The number of aliphatic carboxylic acids is 1. The van der Waals surface area contributed by atoms with Crippen molar-refractivity contribution in [2.75, 3.05) is 6.79 Å². The molecule has 0 aromatic heterocycles. The van der Waals surface area contributed by atoms with Crippen LogP contribution in [0.1, 0.15) is 11.1 Å². The van der Waals surface area contributed by atoms with Crippen molar-refractivity contribution in [3.05, 3.63) is 59.4 Å². The Morgan fingerprint density at radius 2 is 1.95 bits per heavy atom. The molecule has 0 radical (unpaired) electrons. The summed E-state index contributed by atoms with van der Waals surface area (Å²) < 4.78 is 23.6. The molecule has 2 aromatic carbocycles. The number of hydrogen-bond acceptors (Lipinski definition) is 3. The fraction of sp³-hybridized carbons (Fsp3) is 0.0625. The Balaban J connectivity index is 2.04. The number of ether oxygens (including phenoxy) is 2. The summed E-state index contributed by atoms with van der Waals surface area (Å²) in [5.74, 6) is -0.439. The first-order valence-corrected chi connectivity index (χ1v) is 6.24. The van der Waals surface area contributed by atoms with Gasteiger partial charge in [0, 0.05) is 0 Å². The smallest absolute Gasteiger partial charge is 0.336 e. The van der Waals surface area contributed by atoms with Crippen molar-refractivity contribution in [1.29, 1.82) is 0 Å². The molecule has 3 rings (SSSR count). The lowest BCUT2D eigenvalue weighted by atomic mass is 10.0. The molecule has 1 aliphatic heterocycles. The van der Waals surface area contributed by atoms with Gasteiger partial charge in [-0.25, -0.2) is 9.18 Å². The molecule has 0 atom stereocenters. The molecule has 0 fully saturated rings. The molecule has 5 heteroatoms. The zero-order valence-corrected chi connectivity index (χ0v) is 10.9. The second kappa shape index (κ2) is 5.28. The first-order valence-electron chi connectivity index (χ1n) is 6.24. The van der Waals surface area contributed by atoms with Crippen LogP contribution in [0.25, 0.3) is 11.6 Å². The quantitative estimate of drug-likeness (QED) is 0.695. The van der Waals surface area contributed by atoms with Crippen molar-refractivity contribution in [1.82, 2.24) is 0 Å². The Kier molecular flexibility index (Phi) is 3.31. The summed E-state index contributed by atoms with van der Waals surface area (Å²) in [6.07, 6.45) is 1.42. The minimum atomic E-state index is -1.10. The van der Waals surface area contributed by atoms with Gasteiger partial charge in [-0.15, -0.1) is 0 Å². The lowest BCUT2D eigenvalue weighted by Gasteiger charge is -2.05. The van der Waals surface area contributed by atoms with E-state index in [2.05, 4.69) is 0 Å². The predicted octanol–water partition coefficient (Wildman–Crippen LogP) is 3.18. The number of fused-ring (bicyclic) bond motifs is 1. The zero-order chi connectivity index (χ0) is 14.8. The van der Waals surface area contributed by atoms with E-state index in [4.69, 9.17) is 9.47 Å². The van der Waals surface area contributed by atoms with Crippen LogP contribution < -0.4 is 9.47 Å². The van der Waals surface area contributed by atoms with Gasteiger partial charge in [-0.1, -0.05) is 18.2 Å². The molecule has 0 spiro atoms. The van der Waals surface area contributed by atoms with Crippen molar-refractivity contribution < 1.29 is 23.8 Å². The zero-order valence-electron chi connectivity index (χ0n) is 10.9. The highest BCUT2D eigenvalue weighted by Gasteiger charge is 2.17. The standard InChI is InChI=1S/C16H11FO4/c17-12-3-1-2-10(6-12)7-13(16(18)19)11-4-5-14-15(8-11)21-9-20-14/h1-8H,9H2,(H,18,19)/b13-7-. The molecule has 106 valence electrons. The van der Waals surface area contributed by atoms with Gasteiger partial charge in [0.05, 0.1) is 5.57 Å². The average Bonchev–Trinajstić information content (AvgIpc) is 2.92. The van der Waals surface area contributed by atoms with Crippen molar-refractivity contribution >= 4 is 17.6 Å². The van der Waals surface area contributed by atoms with Crippen LogP contribution in [0.2, 0.25) is 0 Å². The van der Waals surface area contributed by atoms with Crippen molar-refractivity contribution in [3.63, 3.8) is 0 Å². The van der Waals surface area contributed by atoms with Crippen molar-refractivity contribution in [2.45, 2.75) is 0 Å². The molecule has 0 bridgehead atoms. The van der Waals surface area contributed by atoms with Crippen LogP contribution >= 0.6 is 0 Å². The maximum Gasteiger partial charge on any atom is 0.336 e. The van der Waals surface area contributed by atoms with Crippen LogP contribution in [0.3, 0.4) is 0 Å². The normalized spacial score (nSPS) is 13.3. The largest absolute Gasteiger partial charge is 0.478 e. The highest BCUT2D eigenvalue weighted by atomic mass is 19.1. The van der Waals surface area contributed by atoms with Gasteiger partial charge in [-0.3, -0.25) is 0 Å². The number of hydrogen-bond donors (Lipinski definition) is 1. The number of halogens is 1. The Morgan fingerprint density at radius 3 is 2.71 bits per heavy atom. The third-order valence-corrected chi connectivity index (χ3v) is 3.07. The van der Waals surface area contributed by atoms with Crippen LogP contribution in [0, 0.1) is 5.82 Å². The van der Waals surface area contributed by atoms with Gasteiger partial charge in [0.1, 0.15) is 5.82 Å². The van der Waals surface area contributed by atoms with E-state index >= 15 is 0 Å². The molecule has 0 amide bonds. The number of carboxylic acids is 1. The topological polar surface area (TPSA) is 55.8 Å². The summed E-state index contributed by atoms with van der Waals surface area (Å²) in [4.78, 5) is 11.5. The van der Waals surface area contributed by atoms with Crippen LogP contribution in [-0.2, 0) is 4.79 Å². The molecule has 1 N–H and O–H groups in total. The molecule has 21 heavy (non-hydrogen) atoms. The number of benzene rings is 2. The van der Waals surface area contributed by atoms with Crippen LogP contribution in [0.15, 0.2) is 42.5 Å². The lowest BCUT2D eigenvalue weighted by molar-refractivity contribution is -0.130. The first kappa shape index (κ1) is 13.2. The monoisotopic (exact) mass is 286 g/mol. The Morgan fingerprint density at radius 1 is 1.14 bits per heavy atom. The second-order valence-corrected chi connectivity index (χ2v) is 4.49. The summed E-state index contributed by atoms with van der Waals surface area (Å²) in [6.45, 7) is 0.120. The maximum absolute atomic E-state index is 13.2. The fourth-order valence-electron chi connectivity index (χ4n) is 2.10. The molecular weight excluding hydrogens is 275 g/mol. The van der Waals surface area contributed by atoms with Gasteiger partial charge in [0.15, 0.2) is 11.5 Å². The first-order chi connectivity index (χ1) is 10.1. The van der Waals surface area contributed by atoms with Gasteiger partial charge in [0.2, 0.25) is 6.79 Å². The number of carbonyl (C=O) groups is 1. The highest BCUT2D eigenvalue weighted by molar-refractivity contribution is 6.20. The van der Waals surface area contributed by atoms with Crippen LogP contribution in [0.4, 0.5) is 4.39 Å². The Labute approximate surface area is 120 Å². The lowest BCUT2D eigenvalue weighted by Crippen LogP contribution is -1.99. The molecule has 1 heterocycles. The van der Waals surface area contributed by atoms with E-state index < -0.39 is 11.8 Å². The SMILES string of the molecule is O=C(O)/C(=C\c1cccc(F)c1)c1ccc2c(c1)OCO2. The molecular formula is C16H11FO4. The van der Waals surface area contributed by atoms with Crippen molar-refractivity contribution in [3.8, 4) is 11.5 Å². The van der Waals surface area contributed by atoms with Gasteiger partial charge < -0.3 is 14.6 Å². The van der Waals surface area contributed by atoms with Crippen LogP contribution in [-0.4, -0.2) is 17.9 Å². The Bertz CT molecular complexity index is 737. The third kappa shape index (κ3) is 2.72. The Hall–Kier alpha value is -2.82. The minimum absolute atomic E-state index is 0.0545. The molecule has 0 unspecified atom stereocenters. The summed E-state index contributed by atoms with van der Waals surface area (Å²) >= 11 is 0. The number of rotatable bonds is 3. The summed E-state index contributed by atoms with van der Waals surface area (Å²) in [5.41, 5.74) is 1.000. The molecule has 0 saturated heterocycles. The van der Waals surface area contributed by atoms with Gasteiger partial charge >= 0.3 is 5.97 Å². The van der Waals surface area contributed by atoms with Gasteiger partial charge in [-0.05, 0) is 41.5 Å². The maximum atomic E-state index is 13.2. The summed E-state index contributed by atoms with van der Waals surface area (Å²) in [7, 11) is 0. The summed E-state index contributed by atoms with van der Waals surface area (Å²) in [5, 5.41) is 9.37. The van der Waals surface area contributed by atoms with Gasteiger partial charge in [-0.2, -0.15) is 0 Å². The predicted molar refractivity (Wildman–Crippen MR) is 74.5 cm³/mol. The number of carboxylic acid groups (broad SMARTS) is 1. The molecule has 0 aliphatic carbocycles. The van der Waals surface area contributed by atoms with E-state index in [1.54, 1.807) is 24.3 Å². The fourth-order valence-corrected chi connectivity index (χ4v) is 2.10. The second-order valence-electron chi connectivity index (χ2n) is 4.49. The summed E-state index contributed by atoms with van der Waals surface area (Å²) in [6, 6.07) is 10.6. The van der Waals surface area contributed by atoms with E-state index in [-0.39, 0.29) is 12.4 Å². The van der Waals surface area contributed by atoms with Crippen molar-refractivity contribution in [2.24, 2.45) is 0 Å². The molecule has 0 saturated carbocycles. The van der Waals surface area contributed by atoms with E-state index in [1.165, 1.54) is 24.3 Å². The van der Waals surface area contributed by atoms with E-state index in [1.807, 2.05) is 0 Å². The van der Waals surface area contributed by atoms with Crippen LogP contribution in [0.5, 0.6) is 11.5 Å². The minimum Gasteiger partial charge on any atom is -0.478 e. The van der Waals surface area contributed by atoms with E-state index in [0.717, 1.165) is 0 Å². The molecule has 2 aromatic rings. The van der Waals surface area contributed by atoms with E-state index in [0.29, 0.717) is 22.6 Å².